The van der Waals surface area contributed by atoms with E-state index in [2.05, 4.69) is 21.2 Å². The van der Waals surface area contributed by atoms with E-state index in [0.29, 0.717) is 22.9 Å². The van der Waals surface area contributed by atoms with Crippen LogP contribution in [0.15, 0.2) is 50.7 Å². The van der Waals surface area contributed by atoms with Crippen molar-refractivity contribution >= 4 is 31.9 Å². The lowest BCUT2D eigenvalue weighted by Gasteiger charge is -2.53. The first kappa shape index (κ1) is 20.0. The number of sulfone groups is 1. The topological polar surface area (TPSA) is 75.7 Å². The zero-order valence-electron chi connectivity index (χ0n) is 17.0. The summed E-state index contributed by atoms with van der Waals surface area (Å²) in [5, 5.41) is 3.41. The molecule has 0 aliphatic carbocycles. The number of halogens is 1. The van der Waals surface area contributed by atoms with Crippen molar-refractivity contribution in [2.45, 2.75) is 47.6 Å². The van der Waals surface area contributed by atoms with Crippen molar-refractivity contribution in [1.82, 2.24) is 10.2 Å². The van der Waals surface area contributed by atoms with Gasteiger partial charge in [-0.3, -0.25) is 0 Å². The summed E-state index contributed by atoms with van der Waals surface area (Å²) in [7, 11) is -3.50. The molecule has 1 N–H and O–H groups in total. The van der Waals surface area contributed by atoms with Crippen LogP contribution in [-0.4, -0.2) is 50.7 Å². The van der Waals surface area contributed by atoms with E-state index >= 15 is 0 Å². The van der Waals surface area contributed by atoms with Crippen molar-refractivity contribution in [3.63, 3.8) is 0 Å². The van der Waals surface area contributed by atoms with Crippen molar-refractivity contribution in [2.24, 2.45) is 0 Å². The van der Waals surface area contributed by atoms with Gasteiger partial charge in [-0.1, -0.05) is 22.0 Å². The molecular formula is C22H23BrN2O4S. The number of carbonyl (C=O) groups excluding carboxylic acids is 1. The Morgan fingerprint density at radius 2 is 1.83 bits per heavy atom. The van der Waals surface area contributed by atoms with E-state index < -0.39 is 15.4 Å². The number of fused-ring (bicyclic) bond motifs is 4. The van der Waals surface area contributed by atoms with Crippen LogP contribution in [0.1, 0.15) is 26.3 Å². The molecule has 5 rings (SSSR count). The lowest BCUT2D eigenvalue weighted by atomic mass is 9.68. The lowest BCUT2D eigenvalue weighted by Crippen LogP contribution is -2.68. The van der Waals surface area contributed by atoms with Gasteiger partial charge in [0.2, 0.25) is 9.84 Å². The van der Waals surface area contributed by atoms with Gasteiger partial charge in [-0.15, -0.1) is 0 Å². The standard InChI is InChI=1S/C22H23BrN2O4S/c1-21(2,3)29-20(26)25-12-22(11-24-10-19(22)25)13-4-6-17-15(8-13)16-9-14(23)5-7-18(16)30(17,27)28/h4-9,19,24H,10-12H2,1-3H3/t19-,22-/m1/s1. The van der Waals surface area contributed by atoms with Crippen molar-refractivity contribution in [3.8, 4) is 11.1 Å². The molecule has 0 unspecified atom stereocenters. The second-order valence-electron chi connectivity index (χ2n) is 9.27. The van der Waals surface area contributed by atoms with E-state index in [4.69, 9.17) is 4.74 Å². The highest BCUT2D eigenvalue weighted by molar-refractivity contribution is 9.10. The number of hydrogen-bond acceptors (Lipinski definition) is 5. The molecule has 158 valence electrons. The minimum Gasteiger partial charge on any atom is -0.444 e. The van der Waals surface area contributed by atoms with Crippen LogP contribution in [0.5, 0.6) is 0 Å². The first-order valence-corrected chi connectivity index (χ1v) is 12.2. The fourth-order valence-corrected chi connectivity index (χ4v) is 6.87. The minimum atomic E-state index is -3.50. The molecule has 0 bridgehead atoms. The summed E-state index contributed by atoms with van der Waals surface area (Å²) in [6, 6.07) is 10.9. The summed E-state index contributed by atoms with van der Waals surface area (Å²) in [6.45, 7) is 7.57. The maximum absolute atomic E-state index is 13.0. The van der Waals surface area contributed by atoms with Crippen LogP contribution in [0.25, 0.3) is 11.1 Å². The molecule has 0 aromatic heterocycles. The van der Waals surface area contributed by atoms with Crippen molar-refractivity contribution in [1.29, 1.82) is 0 Å². The van der Waals surface area contributed by atoms with Gasteiger partial charge in [0.1, 0.15) is 5.60 Å². The molecule has 6 nitrogen and oxygen atoms in total. The van der Waals surface area contributed by atoms with Gasteiger partial charge in [0.25, 0.3) is 0 Å². The molecule has 2 aromatic carbocycles. The normalized spacial score (nSPS) is 25.9. The number of benzene rings is 2. The Morgan fingerprint density at radius 1 is 1.17 bits per heavy atom. The molecule has 3 heterocycles. The van der Waals surface area contributed by atoms with E-state index in [1.165, 1.54) is 0 Å². The van der Waals surface area contributed by atoms with Gasteiger partial charge in [-0.25, -0.2) is 13.2 Å². The molecule has 3 aliphatic rings. The fourth-order valence-electron chi connectivity index (χ4n) is 4.86. The highest BCUT2D eigenvalue weighted by Crippen LogP contribution is 2.49. The molecule has 1 amide bonds. The zero-order chi connectivity index (χ0) is 21.5. The number of hydrogen-bond donors (Lipinski definition) is 1. The predicted octanol–water partition coefficient (Wildman–Crippen LogP) is 3.72. The summed E-state index contributed by atoms with van der Waals surface area (Å²) in [5.41, 5.74) is 1.74. The SMILES string of the molecule is CC(C)(C)OC(=O)N1C[C@@]2(c3ccc4c(c3)-c3cc(Br)ccc3S4(=O)=O)CNC[C@@H]12. The van der Waals surface area contributed by atoms with E-state index in [1.54, 1.807) is 23.1 Å². The Kier molecular flexibility index (Phi) is 4.21. The molecular weight excluding hydrogens is 468 g/mol. The predicted molar refractivity (Wildman–Crippen MR) is 116 cm³/mol. The van der Waals surface area contributed by atoms with Crippen LogP contribution in [-0.2, 0) is 20.0 Å². The fraction of sp³-hybridized carbons (Fsp3) is 0.409. The Balaban J connectivity index is 1.53. The van der Waals surface area contributed by atoms with E-state index in [1.807, 2.05) is 39.0 Å². The van der Waals surface area contributed by atoms with Crippen molar-refractivity contribution in [3.05, 3.63) is 46.4 Å². The Bertz CT molecular complexity index is 1190. The van der Waals surface area contributed by atoms with E-state index in [-0.39, 0.29) is 17.6 Å². The Hall–Kier alpha value is -1.90. The number of ether oxygens (including phenoxy) is 1. The molecule has 0 radical (unpaired) electrons. The number of nitrogens with zero attached hydrogens (tertiary/aromatic N) is 1. The largest absolute Gasteiger partial charge is 0.444 e. The number of carbonyl (C=O) groups is 1. The first-order chi connectivity index (χ1) is 14.0. The van der Waals surface area contributed by atoms with Gasteiger partial charge in [0, 0.05) is 40.6 Å². The third-order valence-corrected chi connectivity index (χ3v) is 8.60. The summed E-state index contributed by atoms with van der Waals surface area (Å²) in [4.78, 5) is 15.1. The van der Waals surface area contributed by atoms with Crippen LogP contribution in [0, 0.1) is 0 Å². The van der Waals surface area contributed by atoms with Gasteiger partial charge in [0.05, 0.1) is 15.8 Å². The van der Waals surface area contributed by atoms with Crippen LogP contribution >= 0.6 is 15.9 Å². The average Bonchev–Trinajstić information content (AvgIpc) is 3.06. The van der Waals surface area contributed by atoms with Crippen LogP contribution in [0.3, 0.4) is 0 Å². The highest BCUT2D eigenvalue weighted by Gasteiger charge is 2.59. The smallest absolute Gasteiger partial charge is 0.410 e. The van der Waals surface area contributed by atoms with Gasteiger partial charge in [-0.2, -0.15) is 0 Å². The third-order valence-electron chi connectivity index (χ3n) is 6.24. The molecule has 3 aliphatic heterocycles. The Morgan fingerprint density at radius 3 is 2.53 bits per heavy atom. The number of nitrogens with one attached hydrogen (secondary N) is 1. The van der Waals surface area contributed by atoms with Gasteiger partial charge >= 0.3 is 6.09 Å². The number of rotatable bonds is 1. The zero-order valence-corrected chi connectivity index (χ0v) is 19.4. The molecule has 0 saturated carbocycles. The summed E-state index contributed by atoms with van der Waals surface area (Å²) in [6.07, 6.45) is -0.301. The van der Waals surface area contributed by atoms with Crippen LogP contribution in [0.2, 0.25) is 0 Å². The van der Waals surface area contributed by atoms with Crippen molar-refractivity contribution < 1.29 is 17.9 Å². The molecule has 2 aromatic rings. The van der Waals surface area contributed by atoms with Gasteiger partial charge in [0.15, 0.2) is 0 Å². The molecule has 8 heteroatoms. The molecule has 0 spiro atoms. The second-order valence-corrected chi connectivity index (χ2v) is 12.1. The molecule has 2 saturated heterocycles. The van der Waals surface area contributed by atoms with E-state index in [9.17, 15) is 13.2 Å². The maximum atomic E-state index is 13.0. The monoisotopic (exact) mass is 490 g/mol. The second kappa shape index (κ2) is 6.31. The van der Waals surface area contributed by atoms with Gasteiger partial charge in [-0.05, 0) is 56.7 Å². The summed E-state index contributed by atoms with van der Waals surface area (Å²) in [5.74, 6) is 0. The van der Waals surface area contributed by atoms with Crippen LogP contribution in [0.4, 0.5) is 4.79 Å². The van der Waals surface area contributed by atoms with Gasteiger partial charge < -0.3 is 15.0 Å². The van der Waals surface area contributed by atoms with E-state index in [0.717, 1.165) is 27.7 Å². The summed E-state index contributed by atoms with van der Waals surface area (Å²) >= 11 is 3.46. The quantitative estimate of drug-likeness (QED) is 0.562. The van der Waals surface area contributed by atoms with Crippen LogP contribution < -0.4 is 5.32 Å². The highest BCUT2D eigenvalue weighted by atomic mass is 79.9. The lowest BCUT2D eigenvalue weighted by molar-refractivity contribution is -0.0278. The molecule has 2 atom stereocenters. The maximum Gasteiger partial charge on any atom is 0.410 e. The first-order valence-electron chi connectivity index (χ1n) is 9.93. The van der Waals surface area contributed by atoms with Crippen molar-refractivity contribution in [2.75, 3.05) is 19.6 Å². The molecule has 2 fully saturated rings. The summed E-state index contributed by atoms with van der Waals surface area (Å²) < 4.78 is 32.3. The number of amides is 1. The minimum absolute atomic E-state index is 0.00890. The number of likely N-dealkylation sites (tertiary alicyclic amines) is 1. The third kappa shape index (κ3) is 2.77. The average molecular weight is 491 g/mol. The molecule has 30 heavy (non-hydrogen) atoms. The Labute approximate surface area is 184 Å².